The van der Waals surface area contributed by atoms with Gasteiger partial charge in [-0.05, 0) is 6.07 Å². The monoisotopic (exact) mass is 361 g/mol. The van der Waals surface area contributed by atoms with Crippen molar-refractivity contribution in [1.82, 2.24) is 20.1 Å². The van der Waals surface area contributed by atoms with Crippen LogP contribution in [0.1, 0.15) is 17.3 Å². The van der Waals surface area contributed by atoms with Gasteiger partial charge < -0.3 is 9.32 Å². The zero-order valence-electron chi connectivity index (χ0n) is 12.8. The molecule has 2 aromatic heterocycles. The van der Waals surface area contributed by atoms with Crippen LogP contribution in [-0.2, 0) is 12.7 Å². The first kappa shape index (κ1) is 17.0. The van der Waals surface area contributed by atoms with E-state index >= 15 is 0 Å². The van der Waals surface area contributed by atoms with Gasteiger partial charge >= 0.3 is 6.18 Å². The maximum Gasteiger partial charge on any atom is 0.417 e. The summed E-state index contributed by atoms with van der Waals surface area (Å²) in [6.45, 7) is 4.87. The number of rotatable bonds is 3. The Hall–Kier alpha value is -1.87. The van der Waals surface area contributed by atoms with Crippen LogP contribution >= 0.6 is 11.6 Å². The van der Waals surface area contributed by atoms with Gasteiger partial charge in [-0.15, -0.1) is 10.2 Å². The quantitative estimate of drug-likeness (QED) is 0.838. The molecule has 0 unspecified atom stereocenters. The van der Waals surface area contributed by atoms with E-state index < -0.39 is 11.7 Å². The molecule has 130 valence electrons. The number of piperazine rings is 1. The lowest BCUT2D eigenvalue weighted by molar-refractivity contribution is -0.137. The van der Waals surface area contributed by atoms with E-state index in [0.717, 1.165) is 12.3 Å². The number of aryl methyl sites for hydroxylation is 1. The summed E-state index contributed by atoms with van der Waals surface area (Å²) in [6, 6.07) is 0.914. The van der Waals surface area contributed by atoms with Gasteiger partial charge in [0.05, 0.1) is 17.1 Å². The van der Waals surface area contributed by atoms with Gasteiger partial charge in [-0.2, -0.15) is 13.2 Å². The highest BCUT2D eigenvalue weighted by Crippen LogP contribution is 2.33. The third-order valence-electron chi connectivity index (χ3n) is 3.75. The van der Waals surface area contributed by atoms with Crippen molar-refractivity contribution in [3.8, 4) is 0 Å². The smallest absolute Gasteiger partial charge is 0.417 e. The van der Waals surface area contributed by atoms with Gasteiger partial charge in [0.2, 0.25) is 11.8 Å². The second kappa shape index (κ2) is 6.56. The Morgan fingerprint density at radius 3 is 2.46 bits per heavy atom. The Morgan fingerprint density at radius 1 is 1.21 bits per heavy atom. The zero-order chi connectivity index (χ0) is 17.3. The Balaban J connectivity index is 1.62. The molecule has 0 spiro atoms. The average molecular weight is 362 g/mol. The van der Waals surface area contributed by atoms with E-state index in [0.29, 0.717) is 50.3 Å². The summed E-state index contributed by atoms with van der Waals surface area (Å²) in [7, 11) is 0. The zero-order valence-corrected chi connectivity index (χ0v) is 13.6. The lowest BCUT2D eigenvalue weighted by Crippen LogP contribution is -2.46. The van der Waals surface area contributed by atoms with Crippen molar-refractivity contribution in [1.29, 1.82) is 0 Å². The summed E-state index contributed by atoms with van der Waals surface area (Å²) in [5, 5.41) is 7.74. The van der Waals surface area contributed by atoms with Crippen LogP contribution in [0.15, 0.2) is 16.7 Å². The topological polar surface area (TPSA) is 58.3 Å². The number of pyridine rings is 1. The second-order valence-electron chi connectivity index (χ2n) is 5.51. The highest BCUT2D eigenvalue weighted by molar-refractivity contribution is 6.33. The lowest BCUT2D eigenvalue weighted by Gasteiger charge is -2.35. The molecule has 0 amide bonds. The summed E-state index contributed by atoms with van der Waals surface area (Å²) in [5.41, 5.74) is -0.846. The molecule has 0 aliphatic carbocycles. The fourth-order valence-corrected chi connectivity index (χ4v) is 2.81. The van der Waals surface area contributed by atoms with Crippen LogP contribution < -0.4 is 4.90 Å². The first-order valence-electron chi connectivity index (χ1n) is 7.32. The van der Waals surface area contributed by atoms with Crippen molar-refractivity contribution in [3.63, 3.8) is 0 Å². The molecule has 0 bridgehead atoms. The number of halogens is 4. The molecule has 0 atom stereocenters. The number of nitrogens with zero attached hydrogens (tertiary/aromatic N) is 5. The molecule has 1 fully saturated rings. The molecular formula is C14H15ClF3N5O. The molecule has 0 radical (unpaired) electrons. The molecule has 1 aliphatic rings. The van der Waals surface area contributed by atoms with Crippen LogP contribution in [0.5, 0.6) is 0 Å². The van der Waals surface area contributed by atoms with Gasteiger partial charge in [0.25, 0.3) is 0 Å². The van der Waals surface area contributed by atoms with Gasteiger partial charge in [0.15, 0.2) is 0 Å². The fourth-order valence-electron chi connectivity index (χ4n) is 2.53. The van der Waals surface area contributed by atoms with Gasteiger partial charge in [-0.1, -0.05) is 11.6 Å². The van der Waals surface area contributed by atoms with Gasteiger partial charge in [-0.25, -0.2) is 4.98 Å². The minimum Gasteiger partial charge on any atom is -0.424 e. The Morgan fingerprint density at radius 2 is 1.92 bits per heavy atom. The molecule has 3 heterocycles. The summed E-state index contributed by atoms with van der Waals surface area (Å²) in [5.74, 6) is 1.44. The first-order valence-corrected chi connectivity index (χ1v) is 7.70. The van der Waals surface area contributed by atoms with Crippen molar-refractivity contribution < 1.29 is 17.6 Å². The molecule has 0 N–H and O–H groups in total. The molecule has 2 aromatic rings. The van der Waals surface area contributed by atoms with E-state index in [9.17, 15) is 13.2 Å². The van der Waals surface area contributed by atoms with Crippen molar-refractivity contribution in [2.24, 2.45) is 0 Å². The summed E-state index contributed by atoms with van der Waals surface area (Å²) >= 11 is 5.99. The van der Waals surface area contributed by atoms with E-state index in [2.05, 4.69) is 20.1 Å². The predicted molar refractivity (Wildman–Crippen MR) is 80.8 cm³/mol. The van der Waals surface area contributed by atoms with Crippen LogP contribution in [0, 0.1) is 6.92 Å². The first-order chi connectivity index (χ1) is 11.3. The lowest BCUT2D eigenvalue weighted by atomic mass is 10.2. The highest BCUT2D eigenvalue weighted by Gasteiger charge is 2.32. The number of alkyl halides is 3. The fraction of sp³-hybridized carbons (Fsp3) is 0.500. The van der Waals surface area contributed by atoms with Gasteiger partial charge in [0, 0.05) is 39.3 Å². The third-order valence-corrected chi connectivity index (χ3v) is 4.03. The van der Waals surface area contributed by atoms with Gasteiger partial charge in [0.1, 0.15) is 5.82 Å². The molecule has 3 rings (SSSR count). The minimum atomic E-state index is -4.45. The average Bonchev–Trinajstić information content (AvgIpc) is 2.92. The molecule has 10 heteroatoms. The summed E-state index contributed by atoms with van der Waals surface area (Å²) in [4.78, 5) is 7.89. The molecule has 0 aromatic carbocycles. The van der Waals surface area contributed by atoms with Crippen LogP contribution in [0.3, 0.4) is 0 Å². The molecule has 1 aliphatic heterocycles. The predicted octanol–water partition coefficient (Wildman–Crippen LogP) is 2.77. The maximum absolute atomic E-state index is 12.7. The Kier molecular flexibility index (Phi) is 4.64. The van der Waals surface area contributed by atoms with E-state index in [-0.39, 0.29) is 5.02 Å². The van der Waals surface area contributed by atoms with E-state index in [4.69, 9.17) is 16.0 Å². The van der Waals surface area contributed by atoms with Crippen LogP contribution in [0.25, 0.3) is 0 Å². The summed E-state index contributed by atoms with van der Waals surface area (Å²) in [6.07, 6.45) is -3.63. The van der Waals surface area contributed by atoms with Crippen LogP contribution in [0.4, 0.5) is 19.0 Å². The number of hydrogen-bond acceptors (Lipinski definition) is 6. The van der Waals surface area contributed by atoms with Crippen molar-refractivity contribution in [2.45, 2.75) is 19.6 Å². The standard InChI is InChI=1S/C14H15ClF3N5O/c1-9-20-21-12(24-9)8-22-2-4-23(5-3-22)13-11(15)6-10(7-19-13)14(16,17)18/h6-7H,2-5,8H2,1H3. The SMILES string of the molecule is Cc1nnc(CN2CCN(c3ncc(C(F)(F)F)cc3Cl)CC2)o1. The molecule has 1 saturated heterocycles. The maximum atomic E-state index is 12.7. The molecular weight excluding hydrogens is 347 g/mol. The second-order valence-corrected chi connectivity index (χ2v) is 5.91. The molecule has 6 nitrogen and oxygen atoms in total. The summed E-state index contributed by atoms with van der Waals surface area (Å²) < 4.78 is 43.3. The van der Waals surface area contributed by atoms with Gasteiger partial charge in [-0.3, -0.25) is 4.90 Å². The molecule has 24 heavy (non-hydrogen) atoms. The Labute approximate surface area is 141 Å². The normalized spacial score (nSPS) is 16.6. The van der Waals surface area contributed by atoms with Crippen molar-refractivity contribution in [3.05, 3.63) is 34.6 Å². The largest absolute Gasteiger partial charge is 0.424 e. The molecule has 0 saturated carbocycles. The van der Waals surface area contributed by atoms with E-state index in [1.54, 1.807) is 6.92 Å². The van der Waals surface area contributed by atoms with Crippen molar-refractivity contribution >= 4 is 17.4 Å². The van der Waals surface area contributed by atoms with Crippen LogP contribution in [0.2, 0.25) is 5.02 Å². The third kappa shape index (κ3) is 3.78. The Bertz CT molecular complexity index is 713. The number of anilines is 1. The van der Waals surface area contributed by atoms with Crippen LogP contribution in [-0.4, -0.2) is 46.3 Å². The van der Waals surface area contributed by atoms with Crippen molar-refractivity contribution in [2.75, 3.05) is 31.1 Å². The van der Waals surface area contributed by atoms with E-state index in [1.165, 1.54) is 0 Å². The minimum absolute atomic E-state index is 0.00537. The van der Waals surface area contributed by atoms with E-state index in [1.807, 2.05) is 4.90 Å². The number of hydrogen-bond donors (Lipinski definition) is 0. The highest BCUT2D eigenvalue weighted by atomic mass is 35.5. The number of aromatic nitrogens is 3.